The Morgan fingerprint density at radius 2 is 2.00 bits per heavy atom. The van der Waals surface area contributed by atoms with Gasteiger partial charge in [-0.15, -0.1) is 0 Å². The highest BCUT2D eigenvalue weighted by Gasteiger charge is 2.51. The summed E-state index contributed by atoms with van der Waals surface area (Å²) in [6.07, 6.45) is 7.51. The van der Waals surface area contributed by atoms with Gasteiger partial charge in [-0.2, -0.15) is 0 Å². The Labute approximate surface area is 156 Å². The summed E-state index contributed by atoms with van der Waals surface area (Å²) in [5.74, 6) is -0.277. The van der Waals surface area contributed by atoms with Gasteiger partial charge in [0.1, 0.15) is 12.1 Å². The van der Waals surface area contributed by atoms with Crippen molar-refractivity contribution in [2.24, 2.45) is 11.3 Å². The monoisotopic (exact) mass is 374 g/mol. The molecule has 0 atom stereocenters. The van der Waals surface area contributed by atoms with Crippen LogP contribution in [0, 0.1) is 17.2 Å². The molecule has 1 spiro atoms. The molecule has 1 N–H and O–H groups in total. The summed E-state index contributed by atoms with van der Waals surface area (Å²) in [5.41, 5.74) is 1.82. The number of nitrogens with zero attached hydrogens (tertiary/aromatic N) is 3. The van der Waals surface area contributed by atoms with E-state index >= 15 is 0 Å². The molecular weight excluding hydrogens is 355 g/mol. The summed E-state index contributed by atoms with van der Waals surface area (Å²) < 4.78 is 13.3. The summed E-state index contributed by atoms with van der Waals surface area (Å²) in [4.78, 5) is 22.6. The Bertz CT molecular complexity index is 782. The molecule has 1 saturated carbocycles. The Balaban J connectivity index is 1.20. The molecule has 4 rings (SSSR count). The first-order chi connectivity index (χ1) is 12.5. The van der Waals surface area contributed by atoms with Crippen molar-refractivity contribution in [2.75, 3.05) is 19.6 Å². The van der Waals surface area contributed by atoms with Gasteiger partial charge in [0.2, 0.25) is 0 Å². The van der Waals surface area contributed by atoms with Crippen molar-refractivity contribution in [2.45, 2.75) is 19.4 Å². The number of aromatic nitrogens is 2. The van der Waals surface area contributed by atoms with Gasteiger partial charge in [0.05, 0.1) is 0 Å². The van der Waals surface area contributed by atoms with Crippen LogP contribution in [0.15, 0.2) is 36.9 Å². The van der Waals surface area contributed by atoms with Crippen LogP contribution in [-0.4, -0.2) is 40.4 Å². The first-order valence-electron chi connectivity index (χ1n) is 8.72. The molecule has 1 saturated heterocycles. The van der Waals surface area contributed by atoms with Gasteiger partial charge in [-0.05, 0) is 42.4 Å². The lowest BCUT2D eigenvalue weighted by Gasteiger charge is -2.59. The molecule has 1 amide bonds. The van der Waals surface area contributed by atoms with Crippen LogP contribution in [0.3, 0.4) is 0 Å². The second kappa shape index (κ2) is 6.93. The summed E-state index contributed by atoms with van der Waals surface area (Å²) in [5, 5.41) is 3.13. The van der Waals surface area contributed by atoms with Gasteiger partial charge in [-0.1, -0.05) is 11.6 Å². The molecule has 1 aliphatic carbocycles. The molecule has 1 aliphatic heterocycles. The van der Waals surface area contributed by atoms with E-state index in [1.807, 2.05) is 12.4 Å². The highest BCUT2D eigenvalue weighted by atomic mass is 35.5. The maximum atomic E-state index is 13.3. The molecule has 5 nitrogen and oxygen atoms in total. The number of hydrogen-bond donors (Lipinski definition) is 1. The highest BCUT2D eigenvalue weighted by molar-refractivity contribution is 6.31. The van der Waals surface area contributed by atoms with E-state index < -0.39 is 5.82 Å². The number of amides is 1. The van der Waals surface area contributed by atoms with E-state index in [0.717, 1.165) is 38.0 Å². The second-order valence-electron chi connectivity index (χ2n) is 7.53. The van der Waals surface area contributed by atoms with Gasteiger partial charge >= 0.3 is 0 Å². The highest BCUT2D eigenvalue weighted by Crippen LogP contribution is 2.51. The van der Waals surface area contributed by atoms with Crippen LogP contribution in [0.1, 0.15) is 28.8 Å². The first kappa shape index (κ1) is 17.4. The summed E-state index contributed by atoms with van der Waals surface area (Å²) in [6.45, 7) is 3.70. The molecule has 136 valence electrons. The standard InChI is InChI=1S/C19H20ClFN4O/c20-16-1-15(2-17(21)3-16)18(26)24-8-13-4-19(5-13)10-25(11-19)9-14-6-22-12-23-7-14/h1-3,6-7,12-13H,4-5,8-11H2,(H,24,26). The minimum Gasteiger partial charge on any atom is -0.352 e. The van der Waals surface area contributed by atoms with E-state index in [9.17, 15) is 9.18 Å². The average Bonchev–Trinajstić information content (AvgIpc) is 2.54. The minimum absolute atomic E-state index is 0.233. The Hall–Kier alpha value is -2.05. The van der Waals surface area contributed by atoms with Crippen LogP contribution in [0.25, 0.3) is 0 Å². The van der Waals surface area contributed by atoms with Crippen molar-refractivity contribution in [3.05, 3.63) is 58.9 Å². The molecule has 0 bridgehead atoms. The van der Waals surface area contributed by atoms with Crippen LogP contribution in [0.4, 0.5) is 4.39 Å². The normalized spacial score (nSPS) is 19.0. The first-order valence-corrected chi connectivity index (χ1v) is 9.10. The number of halogens is 2. The van der Waals surface area contributed by atoms with Crippen molar-refractivity contribution >= 4 is 17.5 Å². The minimum atomic E-state index is -0.497. The fraction of sp³-hybridized carbons (Fsp3) is 0.421. The predicted molar refractivity (Wildman–Crippen MR) is 96.2 cm³/mol. The van der Waals surface area contributed by atoms with Crippen LogP contribution in [0.5, 0.6) is 0 Å². The third kappa shape index (κ3) is 3.71. The molecule has 7 heteroatoms. The van der Waals surface area contributed by atoms with Crippen LogP contribution in [0.2, 0.25) is 5.02 Å². The van der Waals surface area contributed by atoms with Crippen molar-refractivity contribution in [1.82, 2.24) is 20.2 Å². The van der Waals surface area contributed by atoms with E-state index in [0.29, 0.717) is 17.9 Å². The summed E-state index contributed by atoms with van der Waals surface area (Å²) in [6, 6.07) is 3.89. The molecule has 0 radical (unpaired) electrons. The van der Waals surface area contributed by atoms with E-state index in [1.165, 1.54) is 18.2 Å². The average molecular weight is 375 g/mol. The van der Waals surface area contributed by atoms with Crippen LogP contribution >= 0.6 is 11.6 Å². The van der Waals surface area contributed by atoms with E-state index in [2.05, 4.69) is 20.2 Å². The number of carbonyl (C=O) groups is 1. The largest absolute Gasteiger partial charge is 0.352 e. The lowest BCUT2D eigenvalue weighted by Crippen LogP contribution is -2.62. The van der Waals surface area contributed by atoms with Crippen molar-refractivity contribution in [1.29, 1.82) is 0 Å². The summed E-state index contributed by atoms with van der Waals surface area (Å²) >= 11 is 5.80. The predicted octanol–water partition coefficient (Wildman–Crippen LogP) is 2.91. The van der Waals surface area contributed by atoms with Crippen molar-refractivity contribution < 1.29 is 9.18 Å². The summed E-state index contributed by atoms with van der Waals surface area (Å²) in [7, 11) is 0. The van der Waals surface area contributed by atoms with Gasteiger partial charge in [0.25, 0.3) is 5.91 Å². The van der Waals surface area contributed by atoms with E-state index in [1.54, 1.807) is 6.33 Å². The number of carbonyl (C=O) groups excluding carboxylic acids is 1. The smallest absolute Gasteiger partial charge is 0.251 e. The number of nitrogens with one attached hydrogen (secondary N) is 1. The van der Waals surface area contributed by atoms with Gasteiger partial charge in [0, 0.05) is 54.7 Å². The molecule has 26 heavy (non-hydrogen) atoms. The maximum absolute atomic E-state index is 13.3. The third-order valence-corrected chi connectivity index (χ3v) is 5.48. The Morgan fingerprint density at radius 3 is 2.69 bits per heavy atom. The molecule has 2 heterocycles. The fourth-order valence-electron chi connectivity index (χ4n) is 4.28. The third-order valence-electron chi connectivity index (χ3n) is 5.26. The fourth-order valence-corrected chi connectivity index (χ4v) is 4.50. The Kier molecular flexibility index (Phi) is 4.63. The molecule has 1 aromatic carbocycles. The maximum Gasteiger partial charge on any atom is 0.251 e. The molecular formula is C19H20ClFN4O. The second-order valence-corrected chi connectivity index (χ2v) is 7.97. The van der Waals surface area contributed by atoms with Gasteiger partial charge < -0.3 is 5.32 Å². The number of likely N-dealkylation sites (tertiary alicyclic amines) is 1. The molecule has 2 aliphatic rings. The van der Waals surface area contributed by atoms with Gasteiger partial charge in [-0.25, -0.2) is 14.4 Å². The number of hydrogen-bond acceptors (Lipinski definition) is 4. The lowest BCUT2D eigenvalue weighted by molar-refractivity contribution is -0.0968. The molecule has 0 unspecified atom stereocenters. The lowest BCUT2D eigenvalue weighted by atomic mass is 9.57. The number of rotatable bonds is 5. The zero-order chi connectivity index (χ0) is 18.1. The van der Waals surface area contributed by atoms with Gasteiger partial charge in [0.15, 0.2) is 0 Å². The zero-order valence-corrected chi connectivity index (χ0v) is 15.0. The van der Waals surface area contributed by atoms with Crippen LogP contribution in [-0.2, 0) is 6.54 Å². The Morgan fingerprint density at radius 1 is 1.27 bits per heavy atom. The molecule has 2 aromatic rings. The van der Waals surface area contributed by atoms with E-state index in [-0.39, 0.29) is 16.5 Å². The quantitative estimate of drug-likeness (QED) is 0.874. The van der Waals surface area contributed by atoms with E-state index in [4.69, 9.17) is 11.6 Å². The SMILES string of the molecule is O=C(NCC1CC2(C1)CN(Cc1cncnc1)C2)c1cc(F)cc(Cl)c1. The van der Waals surface area contributed by atoms with Crippen LogP contribution < -0.4 is 5.32 Å². The topological polar surface area (TPSA) is 58.1 Å². The van der Waals surface area contributed by atoms with Crippen molar-refractivity contribution in [3.8, 4) is 0 Å². The molecule has 1 aromatic heterocycles. The number of benzene rings is 1. The van der Waals surface area contributed by atoms with Crippen molar-refractivity contribution in [3.63, 3.8) is 0 Å². The zero-order valence-electron chi connectivity index (χ0n) is 14.3. The molecule has 2 fully saturated rings. The van der Waals surface area contributed by atoms with Gasteiger partial charge in [-0.3, -0.25) is 9.69 Å².